The summed E-state index contributed by atoms with van der Waals surface area (Å²) >= 11 is 0. The molecular formula is C7H12F2O6. The number of hydrogen-bond donors (Lipinski definition) is 4. The quantitative estimate of drug-likeness (QED) is 0.410. The van der Waals surface area contributed by atoms with Crippen molar-refractivity contribution < 1.29 is 38.7 Å². The minimum atomic E-state index is -3.88. The van der Waals surface area contributed by atoms with E-state index in [0.29, 0.717) is 0 Å². The van der Waals surface area contributed by atoms with Crippen molar-refractivity contribution in [1.82, 2.24) is 0 Å². The standard InChI is InChI=1S/C7H12F2O6/c1-14-7(13)5(12)4(11)6(8,9)3(2-10)15-7/h3-5,10-13H,2H2,1H3/t3-,4-,5-,7+/m1/s1. The lowest BCUT2D eigenvalue weighted by Gasteiger charge is -2.45. The van der Waals surface area contributed by atoms with E-state index in [1.54, 1.807) is 0 Å². The fourth-order valence-electron chi connectivity index (χ4n) is 1.28. The van der Waals surface area contributed by atoms with Crippen LogP contribution < -0.4 is 0 Å². The van der Waals surface area contributed by atoms with Crippen molar-refractivity contribution in [3.63, 3.8) is 0 Å². The predicted molar refractivity (Wildman–Crippen MR) is 40.9 cm³/mol. The number of ether oxygens (including phenoxy) is 2. The molecule has 0 aromatic rings. The van der Waals surface area contributed by atoms with Gasteiger partial charge in [0.1, 0.15) is 0 Å². The maximum absolute atomic E-state index is 13.1. The number of rotatable bonds is 2. The van der Waals surface area contributed by atoms with Crippen molar-refractivity contribution in [1.29, 1.82) is 0 Å². The molecule has 0 amide bonds. The normalized spacial score (nSPS) is 45.4. The highest BCUT2D eigenvalue weighted by molar-refractivity contribution is 4.97. The summed E-state index contributed by atoms with van der Waals surface area (Å²) in [5.74, 6) is -6.63. The van der Waals surface area contributed by atoms with Crippen LogP contribution in [0.1, 0.15) is 0 Å². The Labute approximate surface area is 83.7 Å². The molecule has 1 aliphatic rings. The molecule has 4 atom stereocenters. The number of hydrogen-bond acceptors (Lipinski definition) is 6. The van der Waals surface area contributed by atoms with Crippen LogP contribution in [0.3, 0.4) is 0 Å². The van der Waals surface area contributed by atoms with E-state index in [2.05, 4.69) is 9.47 Å². The maximum atomic E-state index is 13.1. The molecule has 1 saturated heterocycles. The number of halogens is 2. The van der Waals surface area contributed by atoms with E-state index >= 15 is 0 Å². The molecule has 4 N–H and O–H groups in total. The van der Waals surface area contributed by atoms with Crippen LogP contribution in [-0.2, 0) is 9.47 Å². The zero-order valence-electron chi connectivity index (χ0n) is 7.80. The van der Waals surface area contributed by atoms with Crippen molar-refractivity contribution >= 4 is 0 Å². The van der Waals surface area contributed by atoms with E-state index < -0.39 is 36.8 Å². The Morgan fingerprint density at radius 1 is 1.33 bits per heavy atom. The van der Waals surface area contributed by atoms with Gasteiger partial charge < -0.3 is 29.9 Å². The Balaban J connectivity index is 2.98. The highest BCUT2D eigenvalue weighted by Crippen LogP contribution is 2.38. The van der Waals surface area contributed by atoms with Crippen molar-refractivity contribution in [2.24, 2.45) is 0 Å². The molecule has 1 fully saturated rings. The minimum absolute atomic E-state index is 0.897. The highest BCUT2D eigenvalue weighted by atomic mass is 19.3. The first kappa shape index (κ1) is 12.7. The van der Waals surface area contributed by atoms with Crippen LogP contribution in [-0.4, -0.2) is 64.4 Å². The summed E-state index contributed by atoms with van der Waals surface area (Å²) < 4.78 is 34.8. The lowest BCUT2D eigenvalue weighted by atomic mass is 9.97. The summed E-state index contributed by atoms with van der Waals surface area (Å²) in [6.45, 7) is -1.14. The Hall–Kier alpha value is -0.380. The summed E-state index contributed by atoms with van der Waals surface area (Å²) in [6.07, 6.45) is -7.07. The van der Waals surface area contributed by atoms with Gasteiger partial charge in [-0.05, 0) is 0 Å². The van der Waals surface area contributed by atoms with Crippen molar-refractivity contribution in [2.75, 3.05) is 13.7 Å². The van der Waals surface area contributed by atoms with E-state index in [1.807, 2.05) is 0 Å². The molecule has 0 aliphatic carbocycles. The van der Waals surface area contributed by atoms with Gasteiger partial charge in [-0.3, -0.25) is 0 Å². The lowest BCUT2D eigenvalue weighted by Crippen LogP contribution is -2.68. The molecule has 8 heteroatoms. The van der Waals surface area contributed by atoms with Gasteiger partial charge in [0.05, 0.1) is 6.61 Å². The summed E-state index contributed by atoms with van der Waals surface area (Å²) in [5.41, 5.74) is 0. The van der Waals surface area contributed by atoms with Crippen LogP contribution >= 0.6 is 0 Å². The van der Waals surface area contributed by atoms with Crippen molar-refractivity contribution in [2.45, 2.75) is 30.2 Å². The third-order valence-electron chi connectivity index (χ3n) is 2.27. The molecule has 0 saturated carbocycles. The summed E-state index contributed by atoms with van der Waals surface area (Å²) in [5, 5.41) is 36.1. The monoisotopic (exact) mass is 230 g/mol. The molecular weight excluding hydrogens is 218 g/mol. The second-order valence-corrected chi connectivity index (χ2v) is 3.19. The molecule has 0 aromatic carbocycles. The number of aliphatic hydroxyl groups excluding tert-OH is 3. The predicted octanol–water partition coefficient (Wildman–Crippen LogP) is -1.97. The molecule has 0 radical (unpaired) electrons. The van der Waals surface area contributed by atoms with Gasteiger partial charge in [0.25, 0.3) is 0 Å². The average Bonchev–Trinajstić information content (AvgIpc) is 2.21. The number of alkyl halides is 2. The van der Waals surface area contributed by atoms with E-state index in [9.17, 15) is 13.9 Å². The summed E-state index contributed by atoms with van der Waals surface area (Å²) in [4.78, 5) is 0. The van der Waals surface area contributed by atoms with Gasteiger partial charge >= 0.3 is 11.9 Å². The summed E-state index contributed by atoms with van der Waals surface area (Å²) in [7, 11) is 0.897. The molecule has 1 rings (SSSR count). The fourth-order valence-corrected chi connectivity index (χ4v) is 1.28. The number of aliphatic hydroxyl groups is 4. The minimum Gasteiger partial charge on any atom is -0.393 e. The molecule has 15 heavy (non-hydrogen) atoms. The SMILES string of the molecule is CO[C@]1(O)O[C@H](CO)C(F)(F)[C@H](O)[C@H]1O. The Kier molecular flexibility index (Phi) is 3.29. The summed E-state index contributed by atoms with van der Waals surface area (Å²) in [6, 6.07) is 0. The fraction of sp³-hybridized carbons (Fsp3) is 1.00. The van der Waals surface area contributed by atoms with E-state index in [-0.39, 0.29) is 0 Å². The molecule has 0 bridgehead atoms. The smallest absolute Gasteiger partial charge is 0.311 e. The largest absolute Gasteiger partial charge is 0.393 e. The number of methoxy groups -OCH3 is 1. The Morgan fingerprint density at radius 2 is 1.87 bits per heavy atom. The van der Waals surface area contributed by atoms with E-state index in [0.717, 1.165) is 7.11 Å². The zero-order valence-corrected chi connectivity index (χ0v) is 7.80. The molecule has 90 valence electrons. The Morgan fingerprint density at radius 3 is 2.27 bits per heavy atom. The van der Waals surface area contributed by atoms with Crippen molar-refractivity contribution in [3.05, 3.63) is 0 Å². The maximum Gasteiger partial charge on any atom is 0.311 e. The van der Waals surface area contributed by atoms with Crippen LogP contribution in [0.25, 0.3) is 0 Å². The molecule has 6 nitrogen and oxygen atoms in total. The third kappa shape index (κ3) is 1.84. The molecule has 0 aromatic heterocycles. The van der Waals surface area contributed by atoms with Gasteiger partial charge in [-0.25, -0.2) is 8.78 Å². The average molecular weight is 230 g/mol. The first-order chi connectivity index (χ1) is 6.79. The first-order valence-corrected chi connectivity index (χ1v) is 4.09. The molecule has 0 spiro atoms. The van der Waals surface area contributed by atoms with Gasteiger partial charge in [-0.2, -0.15) is 0 Å². The van der Waals surface area contributed by atoms with E-state index in [4.69, 9.17) is 15.3 Å². The first-order valence-electron chi connectivity index (χ1n) is 4.09. The van der Waals surface area contributed by atoms with Gasteiger partial charge in [0.2, 0.25) is 0 Å². The van der Waals surface area contributed by atoms with Crippen molar-refractivity contribution in [3.8, 4) is 0 Å². The molecule has 1 heterocycles. The lowest BCUT2D eigenvalue weighted by molar-refractivity contribution is -0.462. The zero-order chi connectivity index (χ0) is 11.9. The van der Waals surface area contributed by atoms with Crippen LogP contribution in [0.4, 0.5) is 8.78 Å². The molecule has 0 unspecified atom stereocenters. The van der Waals surface area contributed by atoms with Gasteiger partial charge in [-0.1, -0.05) is 0 Å². The second-order valence-electron chi connectivity index (χ2n) is 3.19. The third-order valence-corrected chi connectivity index (χ3v) is 2.27. The van der Waals surface area contributed by atoms with Gasteiger partial charge in [0, 0.05) is 7.11 Å². The van der Waals surface area contributed by atoms with Crippen LogP contribution in [0, 0.1) is 0 Å². The van der Waals surface area contributed by atoms with Crippen LogP contribution in [0.5, 0.6) is 0 Å². The second kappa shape index (κ2) is 3.89. The molecule has 1 aliphatic heterocycles. The highest BCUT2D eigenvalue weighted by Gasteiger charge is 2.63. The van der Waals surface area contributed by atoms with Crippen LogP contribution in [0.15, 0.2) is 0 Å². The Bertz CT molecular complexity index is 234. The van der Waals surface area contributed by atoms with Crippen LogP contribution in [0.2, 0.25) is 0 Å². The van der Waals surface area contributed by atoms with Gasteiger partial charge in [-0.15, -0.1) is 0 Å². The van der Waals surface area contributed by atoms with E-state index in [1.165, 1.54) is 0 Å². The topological polar surface area (TPSA) is 99.4 Å². The van der Waals surface area contributed by atoms with Gasteiger partial charge in [0.15, 0.2) is 18.3 Å².